The monoisotopic (exact) mass is 187 g/mol. The van der Waals surface area contributed by atoms with Gasteiger partial charge >= 0.3 is 6.09 Å². The number of carbonyl (C=O) groups excluding carboxylic acids is 1. The third-order valence-corrected chi connectivity index (χ3v) is 1.38. The van der Waals surface area contributed by atoms with Crippen LogP contribution in [0.25, 0.3) is 0 Å². The highest BCUT2D eigenvalue weighted by Gasteiger charge is 2.13. The van der Waals surface area contributed by atoms with Gasteiger partial charge in [0.25, 0.3) is 0 Å². The molecule has 0 aromatic carbocycles. The Morgan fingerprint density at radius 1 is 1.54 bits per heavy atom. The standard InChI is InChI=1S/C8H17N3O2/c1-3-5-11(6-7(9)10)8(12)13-4-2/h3-6H2,1-2H3,(H3,9,10). The van der Waals surface area contributed by atoms with Crippen LogP contribution in [-0.4, -0.2) is 36.5 Å². The molecular weight excluding hydrogens is 170 g/mol. The van der Waals surface area contributed by atoms with Crippen LogP contribution in [0.4, 0.5) is 4.79 Å². The van der Waals surface area contributed by atoms with Gasteiger partial charge in [-0.25, -0.2) is 4.79 Å². The Hall–Kier alpha value is -1.26. The Morgan fingerprint density at radius 2 is 2.15 bits per heavy atom. The van der Waals surface area contributed by atoms with Crippen molar-refractivity contribution >= 4 is 11.9 Å². The van der Waals surface area contributed by atoms with Crippen LogP contribution in [0.1, 0.15) is 20.3 Å². The third kappa shape index (κ3) is 5.05. The number of hydrogen-bond donors (Lipinski definition) is 2. The first-order valence-corrected chi connectivity index (χ1v) is 4.36. The average Bonchev–Trinajstić information content (AvgIpc) is 2.03. The lowest BCUT2D eigenvalue weighted by atomic mass is 10.4. The van der Waals surface area contributed by atoms with Crippen molar-refractivity contribution < 1.29 is 9.53 Å². The normalized spacial score (nSPS) is 9.38. The first-order valence-electron chi connectivity index (χ1n) is 4.36. The first-order chi connectivity index (χ1) is 6.11. The molecule has 0 bridgehead atoms. The summed E-state index contributed by atoms with van der Waals surface area (Å²) >= 11 is 0. The van der Waals surface area contributed by atoms with Crippen molar-refractivity contribution in [2.75, 3.05) is 19.7 Å². The number of hydrogen-bond acceptors (Lipinski definition) is 3. The van der Waals surface area contributed by atoms with E-state index in [0.29, 0.717) is 13.2 Å². The second kappa shape index (κ2) is 6.28. The van der Waals surface area contributed by atoms with E-state index < -0.39 is 6.09 Å². The van der Waals surface area contributed by atoms with Crippen molar-refractivity contribution in [3.63, 3.8) is 0 Å². The molecule has 13 heavy (non-hydrogen) atoms. The Labute approximate surface area is 78.4 Å². The van der Waals surface area contributed by atoms with Gasteiger partial charge in [-0.3, -0.25) is 5.41 Å². The molecule has 3 N–H and O–H groups in total. The van der Waals surface area contributed by atoms with Crippen LogP contribution in [0, 0.1) is 5.41 Å². The third-order valence-electron chi connectivity index (χ3n) is 1.38. The van der Waals surface area contributed by atoms with Crippen LogP contribution in [0.2, 0.25) is 0 Å². The van der Waals surface area contributed by atoms with E-state index in [0.717, 1.165) is 6.42 Å². The SMILES string of the molecule is CCCN(CC(=N)N)C(=O)OCC. The van der Waals surface area contributed by atoms with Crippen molar-refractivity contribution in [1.82, 2.24) is 4.90 Å². The van der Waals surface area contributed by atoms with Gasteiger partial charge in [0.05, 0.1) is 13.2 Å². The minimum atomic E-state index is -0.403. The van der Waals surface area contributed by atoms with E-state index in [1.165, 1.54) is 4.90 Å². The maximum atomic E-state index is 11.2. The van der Waals surface area contributed by atoms with Gasteiger partial charge < -0.3 is 15.4 Å². The van der Waals surface area contributed by atoms with E-state index in [2.05, 4.69) is 0 Å². The zero-order valence-electron chi connectivity index (χ0n) is 8.17. The van der Waals surface area contributed by atoms with Crippen molar-refractivity contribution in [2.45, 2.75) is 20.3 Å². The Bertz CT molecular complexity index is 182. The molecule has 0 spiro atoms. The second-order valence-corrected chi connectivity index (χ2v) is 2.65. The van der Waals surface area contributed by atoms with E-state index in [9.17, 15) is 4.79 Å². The van der Waals surface area contributed by atoms with E-state index in [-0.39, 0.29) is 12.4 Å². The molecule has 0 aliphatic rings. The fourth-order valence-electron chi connectivity index (χ4n) is 0.925. The molecule has 0 radical (unpaired) electrons. The minimum Gasteiger partial charge on any atom is -0.450 e. The van der Waals surface area contributed by atoms with Crippen LogP contribution in [0.5, 0.6) is 0 Å². The molecule has 0 heterocycles. The van der Waals surface area contributed by atoms with Crippen LogP contribution in [-0.2, 0) is 4.74 Å². The van der Waals surface area contributed by atoms with Gasteiger partial charge in [0, 0.05) is 6.54 Å². The summed E-state index contributed by atoms with van der Waals surface area (Å²) in [5.41, 5.74) is 5.19. The van der Waals surface area contributed by atoms with Gasteiger partial charge in [-0.05, 0) is 13.3 Å². The van der Waals surface area contributed by atoms with Gasteiger partial charge in [-0.2, -0.15) is 0 Å². The Morgan fingerprint density at radius 3 is 2.54 bits per heavy atom. The predicted molar refractivity (Wildman–Crippen MR) is 50.8 cm³/mol. The predicted octanol–water partition coefficient (Wildman–Crippen LogP) is 0.791. The molecule has 0 aliphatic heterocycles. The zero-order valence-corrected chi connectivity index (χ0v) is 8.17. The smallest absolute Gasteiger partial charge is 0.410 e. The number of rotatable bonds is 5. The van der Waals surface area contributed by atoms with Crippen LogP contribution < -0.4 is 5.73 Å². The Kier molecular flexibility index (Phi) is 5.67. The molecule has 0 aromatic heterocycles. The second-order valence-electron chi connectivity index (χ2n) is 2.65. The van der Waals surface area contributed by atoms with Crippen molar-refractivity contribution in [1.29, 1.82) is 5.41 Å². The number of amidine groups is 1. The van der Waals surface area contributed by atoms with E-state index >= 15 is 0 Å². The van der Waals surface area contributed by atoms with E-state index in [4.69, 9.17) is 15.9 Å². The van der Waals surface area contributed by atoms with Gasteiger partial charge in [0.1, 0.15) is 5.84 Å². The lowest BCUT2D eigenvalue weighted by Gasteiger charge is -2.19. The molecule has 1 amide bonds. The molecule has 5 heteroatoms. The number of ether oxygens (including phenoxy) is 1. The quantitative estimate of drug-likeness (QED) is 0.493. The van der Waals surface area contributed by atoms with Crippen LogP contribution >= 0.6 is 0 Å². The van der Waals surface area contributed by atoms with E-state index in [1.807, 2.05) is 6.92 Å². The molecule has 0 saturated carbocycles. The molecule has 0 fully saturated rings. The molecule has 0 saturated heterocycles. The Balaban J connectivity index is 4.06. The van der Waals surface area contributed by atoms with Crippen molar-refractivity contribution in [3.8, 4) is 0 Å². The number of nitrogens with zero attached hydrogens (tertiary/aromatic N) is 1. The van der Waals surface area contributed by atoms with Gasteiger partial charge in [-0.1, -0.05) is 6.92 Å². The zero-order chi connectivity index (χ0) is 10.3. The van der Waals surface area contributed by atoms with Crippen LogP contribution in [0.15, 0.2) is 0 Å². The summed E-state index contributed by atoms with van der Waals surface area (Å²) < 4.78 is 4.79. The summed E-state index contributed by atoms with van der Waals surface area (Å²) in [4.78, 5) is 12.6. The first kappa shape index (κ1) is 11.7. The fourth-order valence-corrected chi connectivity index (χ4v) is 0.925. The molecule has 5 nitrogen and oxygen atoms in total. The molecular formula is C8H17N3O2. The lowest BCUT2D eigenvalue weighted by molar-refractivity contribution is 0.112. The lowest BCUT2D eigenvalue weighted by Crippen LogP contribution is -2.38. The summed E-state index contributed by atoms with van der Waals surface area (Å²) in [7, 11) is 0. The van der Waals surface area contributed by atoms with Crippen molar-refractivity contribution in [3.05, 3.63) is 0 Å². The fraction of sp³-hybridized carbons (Fsp3) is 0.750. The topological polar surface area (TPSA) is 79.4 Å². The van der Waals surface area contributed by atoms with Crippen LogP contribution in [0.3, 0.4) is 0 Å². The number of carbonyl (C=O) groups is 1. The maximum absolute atomic E-state index is 11.2. The summed E-state index contributed by atoms with van der Waals surface area (Å²) in [5, 5.41) is 7.06. The molecule has 0 aromatic rings. The summed E-state index contributed by atoms with van der Waals surface area (Å²) in [6.45, 7) is 4.75. The number of nitrogens with one attached hydrogen (secondary N) is 1. The van der Waals surface area contributed by atoms with Gasteiger partial charge in [0.15, 0.2) is 0 Å². The van der Waals surface area contributed by atoms with Gasteiger partial charge in [-0.15, -0.1) is 0 Å². The van der Waals surface area contributed by atoms with Gasteiger partial charge in [0.2, 0.25) is 0 Å². The van der Waals surface area contributed by atoms with Crippen molar-refractivity contribution in [2.24, 2.45) is 5.73 Å². The highest BCUT2D eigenvalue weighted by molar-refractivity contribution is 5.82. The number of nitrogens with two attached hydrogens (primary N) is 1. The molecule has 0 atom stereocenters. The summed E-state index contributed by atoms with van der Waals surface area (Å²) in [6, 6.07) is 0. The molecule has 76 valence electrons. The largest absolute Gasteiger partial charge is 0.450 e. The highest BCUT2D eigenvalue weighted by atomic mass is 16.6. The summed E-state index contributed by atoms with van der Waals surface area (Å²) in [6.07, 6.45) is 0.422. The minimum absolute atomic E-state index is 0.0264. The molecule has 0 rings (SSSR count). The average molecular weight is 187 g/mol. The summed E-state index contributed by atoms with van der Waals surface area (Å²) in [5.74, 6) is -0.0264. The van der Waals surface area contributed by atoms with E-state index in [1.54, 1.807) is 6.92 Å². The highest BCUT2D eigenvalue weighted by Crippen LogP contribution is 1.95. The molecule has 0 aliphatic carbocycles. The molecule has 0 unspecified atom stereocenters. The number of amides is 1. The maximum Gasteiger partial charge on any atom is 0.410 e.